The lowest BCUT2D eigenvalue weighted by Crippen LogP contribution is -2.35. The Kier molecular flexibility index (Phi) is 4.23. The van der Waals surface area contributed by atoms with E-state index in [-0.39, 0.29) is 11.9 Å². The van der Waals surface area contributed by atoms with Crippen LogP contribution in [0.15, 0.2) is 16.7 Å². The number of rotatable bonds is 3. The van der Waals surface area contributed by atoms with Crippen LogP contribution in [0.3, 0.4) is 0 Å². The second-order valence-corrected chi connectivity index (χ2v) is 4.11. The number of carbonyl (C=O) groups excluding carboxylic acids is 1. The number of hydrogen-bond donors (Lipinski definition) is 2. The van der Waals surface area contributed by atoms with Gasteiger partial charge in [-0.3, -0.25) is 4.79 Å². The molecule has 2 N–H and O–H groups in total. The molecule has 0 radical (unpaired) electrons. The van der Waals surface area contributed by atoms with Gasteiger partial charge in [-0.1, -0.05) is 6.07 Å². The first kappa shape index (κ1) is 12.1. The van der Waals surface area contributed by atoms with Crippen molar-refractivity contribution in [3.8, 4) is 0 Å². The van der Waals surface area contributed by atoms with Crippen LogP contribution in [0.4, 0.5) is 5.82 Å². The second-order valence-electron chi connectivity index (χ2n) is 3.30. The highest BCUT2D eigenvalue weighted by Crippen LogP contribution is 2.15. The van der Waals surface area contributed by atoms with Crippen molar-refractivity contribution in [2.24, 2.45) is 0 Å². The summed E-state index contributed by atoms with van der Waals surface area (Å²) in [6, 6.07) is 3.51. The number of halogens is 1. The summed E-state index contributed by atoms with van der Waals surface area (Å²) >= 11 is 3.26. The van der Waals surface area contributed by atoms with Crippen molar-refractivity contribution < 1.29 is 4.79 Å². The fraction of sp³-hybridized carbons (Fsp3) is 0.400. The van der Waals surface area contributed by atoms with E-state index in [9.17, 15) is 4.79 Å². The van der Waals surface area contributed by atoms with E-state index >= 15 is 0 Å². The normalized spacial score (nSPS) is 12.3. The molecule has 1 unspecified atom stereocenters. The Morgan fingerprint density at radius 1 is 1.53 bits per heavy atom. The van der Waals surface area contributed by atoms with Crippen LogP contribution >= 0.6 is 15.9 Å². The summed E-state index contributed by atoms with van der Waals surface area (Å²) in [4.78, 5) is 15.8. The molecule has 0 saturated carbocycles. The molecule has 0 bridgehead atoms. The number of nitrogens with one attached hydrogen (secondary N) is 2. The van der Waals surface area contributed by atoms with Gasteiger partial charge in [-0.05, 0) is 48.5 Å². The molecule has 0 saturated heterocycles. The molecule has 0 aliphatic rings. The number of aromatic nitrogens is 1. The lowest BCUT2D eigenvalue weighted by molar-refractivity contribution is -0.117. The molecule has 1 aromatic rings. The van der Waals surface area contributed by atoms with E-state index in [1.165, 1.54) is 0 Å². The predicted octanol–water partition coefficient (Wildman–Crippen LogP) is 1.70. The fourth-order valence-electron chi connectivity index (χ4n) is 0.988. The lowest BCUT2D eigenvalue weighted by atomic mass is 10.2. The molecule has 0 fully saturated rings. The molecule has 4 nitrogen and oxygen atoms in total. The molecule has 0 aromatic carbocycles. The first-order valence-corrected chi connectivity index (χ1v) is 5.45. The van der Waals surface area contributed by atoms with Gasteiger partial charge in [0.25, 0.3) is 0 Å². The van der Waals surface area contributed by atoms with Crippen molar-refractivity contribution in [1.29, 1.82) is 0 Å². The maximum absolute atomic E-state index is 11.6. The molecule has 0 aliphatic heterocycles. The third-order valence-electron chi connectivity index (χ3n) is 2.13. The van der Waals surface area contributed by atoms with Gasteiger partial charge in [0.15, 0.2) is 0 Å². The highest BCUT2D eigenvalue weighted by Gasteiger charge is 2.12. The van der Waals surface area contributed by atoms with E-state index in [1.807, 2.05) is 19.1 Å². The molecule has 5 heteroatoms. The average molecular weight is 272 g/mol. The van der Waals surface area contributed by atoms with Crippen LogP contribution in [0.5, 0.6) is 0 Å². The van der Waals surface area contributed by atoms with Gasteiger partial charge in [0.2, 0.25) is 5.91 Å². The van der Waals surface area contributed by atoms with Gasteiger partial charge >= 0.3 is 0 Å². The summed E-state index contributed by atoms with van der Waals surface area (Å²) in [6.07, 6.45) is 0. The van der Waals surface area contributed by atoms with Crippen LogP contribution in [0.1, 0.15) is 12.5 Å². The summed E-state index contributed by atoms with van der Waals surface area (Å²) in [7, 11) is 1.74. The largest absolute Gasteiger partial charge is 0.309 e. The summed E-state index contributed by atoms with van der Waals surface area (Å²) in [6.45, 7) is 3.70. The van der Waals surface area contributed by atoms with Crippen molar-refractivity contribution in [1.82, 2.24) is 10.3 Å². The molecule has 1 heterocycles. The second kappa shape index (κ2) is 5.23. The molecule has 0 spiro atoms. The third-order valence-corrected chi connectivity index (χ3v) is 2.57. The maximum atomic E-state index is 11.6. The van der Waals surface area contributed by atoms with E-state index in [0.29, 0.717) is 10.4 Å². The fourth-order valence-corrected chi connectivity index (χ4v) is 1.30. The molecule has 1 amide bonds. The zero-order chi connectivity index (χ0) is 11.4. The highest BCUT2D eigenvalue weighted by molar-refractivity contribution is 9.10. The van der Waals surface area contributed by atoms with Gasteiger partial charge in [0.1, 0.15) is 10.4 Å². The molecule has 1 aromatic heterocycles. The summed E-state index contributed by atoms with van der Waals surface area (Å²) in [5, 5.41) is 5.63. The topological polar surface area (TPSA) is 54.0 Å². The van der Waals surface area contributed by atoms with Crippen LogP contribution in [-0.4, -0.2) is 24.0 Å². The standard InChI is InChI=1S/C10H14BrN3O/c1-6-4-5-8(11)13-9(6)14-10(15)7(2)12-3/h4-5,7,12H,1-3H3,(H,13,14,15). The van der Waals surface area contributed by atoms with E-state index in [0.717, 1.165) is 5.56 Å². The van der Waals surface area contributed by atoms with Crippen LogP contribution < -0.4 is 10.6 Å². The number of carbonyl (C=O) groups is 1. The van der Waals surface area contributed by atoms with Crippen molar-refractivity contribution >= 4 is 27.7 Å². The first-order chi connectivity index (χ1) is 7.04. The van der Waals surface area contributed by atoms with E-state index in [1.54, 1.807) is 14.0 Å². The summed E-state index contributed by atoms with van der Waals surface area (Å²) < 4.78 is 0.709. The van der Waals surface area contributed by atoms with Crippen molar-refractivity contribution in [3.05, 3.63) is 22.3 Å². The minimum absolute atomic E-state index is 0.0915. The van der Waals surface area contributed by atoms with Crippen LogP contribution in [0.25, 0.3) is 0 Å². The van der Waals surface area contributed by atoms with Crippen LogP contribution in [-0.2, 0) is 4.79 Å². The van der Waals surface area contributed by atoms with Gasteiger partial charge in [-0.25, -0.2) is 4.98 Å². The number of nitrogens with zero attached hydrogens (tertiary/aromatic N) is 1. The van der Waals surface area contributed by atoms with E-state index < -0.39 is 0 Å². The average Bonchev–Trinajstić information content (AvgIpc) is 2.22. The van der Waals surface area contributed by atoms with Gasteiger partial charge < -0.3 is 10.6 Å². The Morgan fingerprint density at radius 2 is 2.20 bits per heavy atom. The number of amides is 1. The van der Waals surface area contributed by atoms with Crippen molar-refractivity contribution in [2.75, 3.05) is 12.4 Å². The summed E-state index contributed by atoms with van der Waals surface area (Å²) in [5.41, 5.74) is 0.940. The number of anilines is 1. The predicted molar refractivity (Wildman–Crippen MR) is 63.8 cm³/mol. The van der Waals surface area contributed by atoms with E-state index in [2.05, 4.69) is 31.5 Å². The Bertz CT molecular complexity index is 368. The molecule has 15 heavy (non-hydrogen) atoms. The van der Waals surface area contributed by atoms with E-state index in [4.69, 9.17) is 0 Å². The molecular formula is C10H14BrN3O. The molecule has 1 atom stereocenters. The Morgan fingerprint density at radius 3 is 2.80 bits per heavy atom. The van der Waals surface area contributed by atoms with Gasteiger partial charge in [0, 0.05) is 0 Å². The zero-order valence-corrected chi connectivity index (χ0v) is 10.6. The molecular weight excluding hydrogens is 258 g/mol. The first-order valence-electron chi connectivity index (χ1n) is 4.66. The molecule has 82 valence electrons. The lowest BCUT2D eigenvalue weighted by Gasteiger charge is -2.12. The molecule has 1 rings (SSSR count). The Hall–Kier alpha value is -0.940. The van der Waals surface area contributed by atoms with Crippen LogP contribution in [0.2, 0.25) is 0 Å². The quantitative estimate of drug-likeness (QED) is 0.823. The Labute approximate surface area is 97.6 Å². The maximum Gasteiger partial charge on any atom is 0.242 e. The molecule has 0 aliphatic carbocycles. The van der Waals surface area contributed by atoms with Gasteiger partial charge in [0.05, 0.1) is 6.04 Å². The highest BCUT2D eigenvalue weighted by atomic mass is 79.9. The number of likely N-dealkylation sites (N-methyl/N-ethyl adjacent to an activating group) is 1. The van der Waals surface area contributed by atoms with Crippen molar-refractivity contribution in [3.63, 3.8) is 0 Å². The zero-order valence-electron chi connectivity index (χ0n) is 8.97. The monoisotopic (exact) mass is 271 g/mol. The van der Waals surface area contributed by atoms with Crippen LogP contribution in [0, 0.1) is 6.92 Å². The smallest absolute Gasteiger partial charge is 0.242 e. The Balaban J connectivity index is 2.80. The van der Waals surface area contributed by atoms with Crippen molar-refractivity contribution in [2.45, 2.75) is 19.9 Å². The minimum Gasteiger partial charge on any atom is -0.309 e. The number of hydrogen-bond acceptors (Lipinski definition) is 3. The van der Waals surface area contributed by atoms with Gasteiger partial charge in [-0.2, -0.15) is 0 Å². The number of aryl methyl sites for hydroxylation is 1. The number of pyridine rings is 1. The third kappa shape index (κ3) is 3.28. The SMILES string of the molecule is CNC(C)C(=O)Nc1nc(Br)ccc1C. The summed E-state index contributed by atoms with van der Waals surface area (Å²) in [5.74, 6) is 0.502. The minimum atomic E-state index is -0.231. The van der Waals surface area contributed by atoms with Gasteiger partial charge in [-0.15, -0.1) is 0 Å².